The van der Waals surface area contributed by atoms with Crippen LogP contribution in [0.5, 0.6) is 0 Å². The van der Waals surface area contributed by atoms with Crippen LogP contribution in [0.3, 0.4) is 0 Å². The van der Waals surface area contributed by atoms with Crippen molar-refractivity contribution in [3.63, 3.8) is 0 Å². The Morgan fingerprint density at radius 1 is 0.947 bits per heavy atom. The molecule has 1 aliphatic rings. The zero-order valence-electron chi connectivity index (χ0n) is 9.84. The summed E-state index contributed by atoms with van der Waals surface area (Å²) in [7, 11) is -3.60. The quantitative estimate of drug-likeness (QED) is 0.672. The average Bonchev–Trinajstić information content (AvgIpc) is 2.81. The van der Waals surface area contributed by atoms with E-state index in [0.29, 0.717) is 0 Å². The third-order valence-electron chi connectivity index (χ3n) is 2.94. The fraction of sp³-hybridized carbons (Fsp3) is 0.0769. The van der Waals surface area contributed by atoms with Crippen LogP contribution in [0.1, 0.15) is 32.0 Å². The van der Waals surface area contributed by atoms with Gasteiger partial charge in [0.25, 0.3) is 0 Å². The highest BCUT2D eigenvalue weighted by molar-refractivity contribution is 7.90. The second-order valence-electron chi connectivity index (χ2n) is 4.28. The van der Waals surface area contributed by atoms with Gasteiger partial charge in [0.15, 0.2) is 11.5 Å². The van der Waals surface area contributed by atoms with Crippen LogP contribution in [0.15, 0.2) is 39.8 Å². The van der Waals surface area contributed by atoms with Crippen molar-refractivity contribution < 1.29 is 22.4 Å². The first-order chi connectivity index (χ1) is 8.89. The molecular formula is C13H8O5S. The highest BCUT2D eigenvalue weighted by Crippen LogP contribution is 2.30. The van der Waals surface area contributed by atoms with Crippen molar-refractivity contribution in [2.75, 3.05) is 6.26 Å². The second kappa shape index (κ2) is 3.64. The maximum atomic E-state index is 12.2. The molecule has 1 aromatic carbocycles. The number of furan rings is 1. The van der Waals surface area contributed by atoms with E-state index >= 15 is 0 Å². The van der Waals surface area contributed by atoms with E-state index in [2.05, 4.69) is 0 Å². The summed E-state index contributed by atoms with van der Waals surface area (Å²) in [6.07, 6.45) is 0.958. The number of carbonyl (C=O) groups excluding carboxylic acids is 2. The standard InChI is InChI=1S/C13H8O5S/c1-19(16,17)10-6-9-11(14)7-4-2-3-5-8(7)12(15)13(9)18-10/h2-6H,1H3. The molecule has 96 valence electrons. The van der Waals surface area contributed by atoms with Crippen LogP contribution in [0.2, 0.25) is 0 Å². The normalized spacial score (nSPS) is 14.2. The Morgan fingerprint density at radius 2 is 1.53 bits per heavy atom. The first kappa shape index (κ1) is 11.9. The lowest BCUT2D eigenvalue weighted by molar-refractivity contribution is 0.0957. The molecule has 1 heterocycles. The van der Waals surface area contributed by atoms with Gasteiger partial charge in [-0.3, -0.25) is 9.59 Å². The lowest BCUT2D eigenvalue weighted by Crippen LogP contribution is -2.18. The molecule has 5 nitrogen and oxygen atoms in total. The van der Waals surface area contributed by atoms with E-state index in [0.717, 1.165) is 12.3 Å². The minimum Gasteiger partial charge on any atom is -0.440 e. The highest BCUT2D eigenvalue weighted by atomic mass is 32.2. The van der Waals surface area contributed by atoms with E-state index in [1.54, 1.807) is 12.1 Å². The third-order valence-corrected chi connectivity index (χ3v) is 3.87. The SMILES string of the molecule is CS(=O)(=O)c1cc2c(o1)C(=O)c1ccccc1C2=O. The van der Waals surface area contributed by atoms with Gasteiger partial charge in [0.2, 0.25) is 20.7 Å². The minimum atomic E-state index is -3.60. The van der Waals surface area contributed by atoms with Crippen molar-refractivity contribution in [2.45, 2.75) is 5.09 Å². The van der Waals surface area contributed by atoms with Crippen LogP contribution >= 0.6 is 0 Å². The largest absolute Gasteiger partial charge is 0.440 e. The number of sulfone groups is 1. The number of carbonyl (C=O) groups is 2. The predicted octanol–water partition coefficient (Wildman–Crippen LogP) is 1.46. The smallest absolute Gasteiger partial charge is 0.229 e. The van der Waals surface area contributed by atoms with Crippen molar-refractivity contribution in [1.82, 2.24) is 0 Å². The maximum absolute atomic E-state index is 12.2. The van der Waals surface area contributed by atoms with Crippen LogP contribution in [0.25, 0.3) is 0 Å². The summed E-state index contributed by atoms with van der Waals surface area (Å²) >= 11 is 0. The number of fused-ring (bicyclic) bond motifs is 2. The molecule has 1 aliphatic carbocycles. The number of rotatable bonds is 1. The molecule has 0 spiro atoms. The topological polar surface area (TPSA) is 81.4 Å². The summed E-state index contributed by atoms with van der Waals surface area (Å²) in [6, 6.07) is 7.44. The average molecular weight is 276 g/mol. The first-order valence-electron chi connectivity index (χ1n) is 5.42. The monoisotopic (exact) mass is 276 g/mol. The van der Waals surface area contributed by atoms with Gasteiger partial charge in [0, 0.05) is 23.4 Å². The van der Waals surface area contributed by atoms with Crippen molar-refractivity contribution in [2.24, 2.45) is 0 Å². The van der Waals surface area contributed by atoms with Gasteiger partial charge in [0.05, 0.1) is 5.56 Å². The molecule has 0 bridgehead atoms. The van der Waals surface area contributed by atoms with E-state index in [4.69, 9.17) is 4.42 Å². The van der Waals surface area contributed by atoms with Gasteiger partial charge in [0.1, 0.15) is 0 Å². The maximum Gasteiger partial charge on any atom is 0.229 e. The number of hydrogen-bond acceptors (Lipinski definition) is 5. The summed E-state index contributed by atoms with van der Waals surface area (Å²) in [5.74, 6) is -1.08. The first-order valence-corrected chi connectivity index (χ1v) is 7.31. The van der Waals surface area contributed by atoms with Crippen LogP contribution in [-0.4, -0.2) is 26.2 Å². The van der Waals surface area contributed by atoms with E-state index < -0.39 is 21.4 Å². The minimum absolute atomic E-state index is 0.00382. The zero-order chi connectivity index (χ0) is 13.8. The summed E-state index contributed by atoms with van der Waals surface area (Å²) < 4.78 is 27.9. The Labute approximate surface area is 108 Å². The van der Waals surface area contributed by atoms with Gasteiger partial charge >= 0.3 is 0 Å². The Hall–Kier alpha value is -2.21. The molecule has 0 aliphatic heterocycles. The molecular weight excluding hydrogens is 268 g/mol. The summed E-state index contributed by atoms with van der Waals surface area (Å²) in [4.78, 5) is 24.3. The molecule has 0 fully saturated rings. The van der Waals surface area contributed by atoms with Gasteiger partial charge in [-0.1, -0.05) is 24.3 Å². The van der Waals surface area contributed by atoms with Crippen molar-refractivity contribution >= 4 is 21.4 Å². The second-order valence-corrected chi connectivity index (χ2v) is 6.23. The van der Waals surface area contributed by atoms with E-state index in [-0.39, 0.29) is 27.5 Å². The molecule has 2 aromatic rings. The fourth-order valence-electron chi connectivity index (χ4n) is 2.03. The van der Waals surface area contributed by atoms with Crippen molar-refractivity contribution in [3.05, 3.63) is 52.8 Å². The van der Waals surface area contributed by atoms with Crippen LogP contribution < -0.4 is 0 Å². The van der Waals surface area contributed by atoms with Gasteiger partial charge in [-0.2, -0.15) is 0 Å². The number of hydrogen-bond donors (Lipinski definition) is 0. The third kappa shape index (κ3) is 1.64. The van der Waals surface area contributed by atoms with E-state index in [1.807, 2.05) is 0 Å². The highest BCUT2D eigenvalue weighted by Gasteiger charge is 2.34. The Balaban J connectivity index is 2.30. The molecule has 3 rings (SSSR count). The zero-order valence-corrected chi connectivity index (χ0v) is 10.7. The number of benzene rings is 1. The molecule has 0 N–H and O–H groups in total. The Morgan fingerprint density at radius 3 is 2.11 bits per heavy atom. The summed E-state index contributed by atoms with van der Waals surface area (Å²) in [5.41, 5.74) is 0.499. The molecule has 0 saturated carbocycles. The molecule has 6 heteroatoms. The van der Waals surface area contributed by atoms with Gasteiger partial charge in [-0.05, 0) is 0 Å². The molecule has 0 saturated heterocycles. The van der Waals surface area contributed by atoms with Crippen molar-refractivity contribution in [1.29, 1.82) is 0 Å². The van der Waals surface area contributed by atoms with Gasteiger partial charge in [-0.15, -0.1) is 0 Å². The molecule has 19 heavy (non-hydrogen) atoms. The van der Waals surface area contributed by atoms with E-state index in [1.165, 1.54) is 12.1 Å². The van der Waals surface area contributed by atoms with Crippen LogP contribution in [0.4, 0.5) is 0 Å². The van der Waals surface area contributed by atoms with E-state index in [9.17, 15) is 18.0 Å². The molecule has 0 radical (unpaired) electrons. The summed E-state index contributed by atoms with van der Waals surface area (Å²) in [5, 5.41) is -0.369. The predicted molar refractivity (Wildman–Crippen MR) is 65.1 cm³/mol. The van der Waals surface area contributed by atoms with Crippen molar-refractivity contribution in [3.8, 4) is 0 Å². The van der Waals surface area contributed by atoms with Crippen LogP contribution in [-0.2, 0) is 9.84 Å². The van der Waals surface area contributed by atoms with Crippen LogP contribution in [0, 0.1) is 0 Å². The number of ketones is 2. The van der Waals surface area contributed by atoms with Gasteiger partial charge in [-0.25, -0.2) is 8.42 Å². The lowest BCUT2D eigenvalue weighted by atomic mass is 9.89. The summed E-state index contributed by atoms with van der Waals surface area (Å²) in [6.45, 7) is 0. The fourth-order valence-corrected chi connectivity index (χ4v) is 2.60. The van der Waals surface area contributed by atoms with Gasteiger partial charge < -0.3 is 4.42 Å². The lowest BCUT2D eigenvalue weighted by Gasteiger charge is -2.11. The molecule has 0 unspecified atom stereocenters. The molecule has 1 aromatic heterocycles. The Bertz CT molecular complexity index is 774. The Kier molecular flexibility index (Phi) is 2.27. The molecule has 0 atom stereocenters. The molecule has 0 amide bonds.